The normalized spacial score (nSPS) is 10.6. The number of carbonyl (C=O) groups excluding carboxylic acids is 1. The molecule has 0 bridgehead atoms. The summed E-state index contributed by atoms with van der Waals surface area (Å²) in [5.41, 5.74) is 1.85. The third-order valence-electron chi connectivity index (χ3n) is 3.93. The topological polar surface area (TPSA) is 100 Å². The van der Waals surface area contributed by atoms with E-state index < -0.39 is 0 Å². The predicted molar refractivity (Wildman–Crippen MR) is 110 cm³/mol. The average Bonchev–Trinajstić information content (AvgIpc) is 3.06. The number of allylic oxidation sites excluding steroid dienone is 1. The maximum atomic E-state index is 12.3. The number of amides is 1. The van der Waals surface area contributed by atoms with Gasteiger partial charge in [-0.25, -0.2) is 0 Å². The summed E-state index contributed by atoms with van der Waals surface area (Å²) in [4.78, 5) is 12.3. The summed E-state index contributed by atoms with van der Waals surface area (Å²) < 4.78 is 1.78. The van der Waals surface area contributed by atoms with Crippen LogP contribution in [0, 0.1) is 6.92 Å². The molecule has 3 rings (SSSR count). The fourth-order valence-corrected chi connectivity index (χ4v) is 3.37. The molecule has 0 unspecified atom stereocenters. The Morgan fingerprint density at radius 1 is 1.21 bits per heavy atom. The molecule has 7 nitrogen and oxygen atoms in total. The molecule has 144 valence electrons. The summed E-state index contributed by atoms with van der Waals surface area (Å²) in [5, 5.41) is 31.5. The Labute approximate surface area is 166 Å². The Hall–Kier alpha value is -3.26. The first-order valence-electron chi connectivity index (χ1n) is 8.54. The molecule has 1 amide bonds. The van der Waals surface area contributed by atoms with Crippen molar-refractivity contribution in [3.8, 4) is 22.9 Å². The summed E-state index contributed by atoms with van der Waals surface area (Å²) >= 11 is 1.21. The van der Waals surface area contributed by atoms with Crippen LogP contribution in [0.25, 0.3) is 11.4 Å². The Morgan fingerprint density at radius 2 is 2.00 bits per heavy atom. The Kier molecular flexibility index (Phi) is 6.00. The largest absolute Gasteiger partial charge is 0.507 e. The van der Waals surface area contributed by atoms with Crippen molar-refractivity contribution in [2.45, 2.75) is 18.6 Å². The molecule has 1 aromatic heterocycles. The molecule has 28 heavy (non-hydrogen) atoms. The number of phenols is 2. The number of carbonyl (C=O) groups is 1. The van der Waals surface area contributed by atoms with Crippen LogP contribution in [0.15, 0.2) is 60.3 Å². The van der Waals surface area contributed by atoms with Crippen LogP contribution in [0.3, 0.4) is 0 Å². The minimum atomic E-state index is -0.275. The van der Waals surface area contributed by atoms with E-state index in [0.29, 0.717) is 28.8 Å². The number of aromatic nitrogens is 3. The van der Waals surface area contributed by atoms with Crippen molar-refractivity contribution in [1.82, 2.24) is 14.8 Å². The molecule has 0 aliphatic carbocycles. The number of benzene rings is 2. The summed E-state index contributed by atoms with van der Waals surface area (Å²) in [6, 6.07) is 11.9. The minimum Gasteiger partial charge on any atom is -0.507 e. The molecule has 2 aromatic carbocycles. The molecule has 0 atom stereocenters. The number of nitrogens with one attached hydrogen (secondary N) is 1. The minimum absolute atomic E-state index is 0.0145. The van der Waals surface area contributed by atoms with Crippen molar-refractivity contribution in [3.05, 3.63) is 60.7 Å². The molecule has 8 heteroatoms. The van der Waals surface area contributed by atoms with Gasteiger partial charge < -0.3 is 15.5 Å². The van der Waals surface area contributed by atoms with Gasteiger partial charge in [-0.05, 0) is 36.8 Å². The molecule has 3 aromatic rings. The first kappa shape index (κ1) is 19.5. The van der Waals surface area contributed by atoms with E-state index in [1.54, 1.807) is 47.0 Å². The van der Waals surface area contributed by atoms with Gasteiger partial charge in [-0.15, -0.1) is 16.8 Å². The number of aryl methyl sites for hydroxylation is 1. The van der Waals surface area contributed by atoms with Crippen LogP contribution in [-0.2, 0) is 11.3 Å². The summed E-state index contributed by atoms with van der Waals surface area (Å²) in [6.45, 7) is 6.05. The van der Waals surface area contributed by atoms with E-state index in [-0.39, 0.29) is 23.2 Å². The zero-order valence-corrected chi connectivity index (χ0v) is 16.1. The van der Waals surface area contributed by atoms with Gasteiger partial charge in [-0.1, -0.05) is 36.0 Å². The van der Waals surface area contributed by atoms with Crippen LogP contribution in [0.2, 0.25) is 0 Å². The lowest BCUT2D eigenvalue weighted by atomic mass is 10.2. The van der Waals surface area contributed by atoms with Gasteiger partial charge in [0.2, 0.25) is 5.91 Å². The Morgan fingerprint density at radius 3 is 2.75 bits per heavy atom. The van der Waals surface area contributed by atoms with Crippen LogP contribution >= 0.6 is 11.8 Å². The van der Waals surface area contributed by atoms with Gasteiger partial charge in [0.25, 0.3) is 0 Å². The van der Waals surface area contributed by atoms with Gasteiger partial charge in [0.1, 0.15) is 11.5 Å². The summed E-state index contributed by atoms with van der Waals surface area (Å²) in [7, 11) is 0. The van der Waals surface area contributed by atoms with E-state index in [1.165, 1.54) is 17.8 Å². The van der Waals surface area contributed by atoms with Gasteiger partial charge >= 0.3 is 0 Å². The maximum absolute atomic E-state index is 12.3. The fourth-order valence-electron chi connectivity index (χ4n) is 2.62. The number of thioether (sulfide) groups is 1. The fraction of sp³-hybridized carbons (Fsp3) is 0.150. The number of nitrogens with zero attached hydrogens (tertiary/aromatic N) is 3. The predicted octanol–water partition coefficient (Wildman–Crippen LogP) is 3.58. The van der Waals surface area contributed by atoms with Crippen LogP contribution in [0.5, 0.6) is 11.5 Å². The highest BCUT2D eigenvalue weighted by Gasteiger charge is 2.17. The first-order chi connectivity index (χ1) is 13.5. The van der Waals surface area contributed by atoms with Crippen molar-refractivity contribution < 1.29 is 15.0 Å². The molecule has 1 heterocycles. The van der Waals surface area contributed by atoms with Gasteiger partial charge in [0.05, 0.1) is 17.0 Å². The molecular weight excluding hydrogens is 376 g/mol. The maximum Gasteiger partial charge on any atom is 0.234 e. The smallest absolute Gasteiger partial charge is 0.234 e. The van der Waals surface area contributed by atoms with Crippen molar-refractivity contribution in [2.24, 2.45) is 0 Å². The van der Waals surface area contributed by atoms with E-state index in [2.05, 4.69) is 22.1 Å². The van der Waals surface area contributed by atoms with Crippen LogP contribution in [0.4, 0.5) is 5.69 Å². The zero-order valence-electron chi connectivity index (χ0n) is 15.3. The van der Waals surface area contributed by atoms with Gasteiger partial charge in [0, 0.05) is 6.54 Å². The molecular formula is C20H20N4O3S. The lowest BCUT2D eigenvalue weighted by Gasteiger charge is -2.10. The van der Waals surface area contributed by atoms with Crippen LogP contribution in [-0.4, -0.2) is 36.6 Å². The van der Waals surface area contributed by atoms with Crippen LogP contribution in [0.1, 0.15) is 5.56 Å². The number of aromatic hydroxyl groups is 2. The summed E-state index contributed by atoms with van der Waals surface area (Å²) in [5.74, 6) is 0.425. The first-order valence-corrected chi connectivity index (χ1v) is 9.53. The Bertz CT molecular complexity index is 1020. The molecule has 0 saturated carbocycles. The van der Waals surface area contributed by atoms with Crippen molar-refractivity contribution in [2.75, 3.05) is 11.1 Å². The van der Waals surface area contributed by atoms with Gasteiger partial charge in [0.15, 0.2) is 11.0 Å². The monoisotopic (exact) mass is 396 g/mol. The third-order valence-corrected chi connectivity index (χ3v) is 4.90. The van der Waals surface area contributed by atoms with Crippen molar-refractivity contribution in [3.63, 3.8) is 0 Å². The van der Waals surface area contributed by atoms with E-state index in [0.717, 1.165) is 5.56 Å². The van der Waals surface area contributed by atoms with Gasteiger partial charge in [-0.3, -0.25) is 9.36 Å². The highest BCUT2D eigenvalue weighted by molar-refractivity contribution is 7.99. The lowest BCUT2D eigenvalue weighted by molar-refractivity contribution is -0.113. The molecule has 0 spiro atoms. The van der Waals surface area contributed by atoms with Gasteiger partial charge in [-0.2, -0.15) is 0 Å². The second-order valence-electron chi connectivity index (χ2n) is 6.08. The molecule has 0 radical (unpaired) electrons. The number of anilines is 1. The van der Waals surface area contributed by atoms with Crippen LogP contribution < -0.4 is 5.32 Å². The van der Waals surface area contributed by atoms with Crippen molar-refractivity contribution >= 4 is 23.4 Å². The average molecular weight is 396 g/mol. The zero-order chi connectivity index (χ0) is 20.1. The van der Waals surface area contributed by atoms with Crippen molar-refractivity contribution in [1.29, 1.82) is 0 Å². The molecule has 3 N–H and O–H groups in total. The second kappa shape index (κ2) is 8.62. The third kappa shape index (κ3) is 4.34. The van der Waals surface area contributed by atoms with E-state index in [1.807, 2.05) is 6.92 Å². The number of hydrogen-bond donors (Lipinski definition) is 3. The number of hydrogen-bond acceptors (Lipinski definition) is 6. The highest BCUT2D eigenvalue weighted by atomic mass is 32.2. The van der Waals surface area contributed by atoms with E-state index >= 15 is 0 Å². The molecule has 0 aliphatic heterocycles. The quantitative estimate of drug-likeness (QED) is 0.321. The number of rotatable bonds is 7. The highest BCUT2D eigenvalue weighted by Crippen LogP contribution is 2.30. The lowest BCUT2D eigenvalue weighted by Crippen LogP contribution is -2.15. The Balaban J connectivity index is 1.75. The van der Waals surface area contributed by atoms with E-state index in [4.69, 9.17) is 0 Å². The summed E-state index contributed by atoms with van der Waals surface area (Å²) in [6.07, 6.45) is 1.70. The number of phenolic OH excluding ortho intramolecular Hbond substituents is 2. The molecule has 0 fully saturated rings. The second-order valence-corrected chi connectivity index (χ2v) is 7.02. The standard InChI is InChI=1S/C20H20N4O3S/c1-3-10-24-19(14-6-4-5-7-16(14)25)22-23-20(24)28-12-18(27)21-15-11-13(2)8-9-17(15)26/h3-9,11,25-26H,1,10,12H2,2H3,(H,21,27). The molecule has 0 aliphatic rings. The number of para-hydroxylation sites is 1. The SMILES string of the molecule is C=CCn1c(SCC(=O)Nc2cc(C)ccc2O)nnc1-c1ccccc1O. The molecule has 0 saturated heterocycles. The van der Waals surface area contributed by atoms with E-state index in [9.17, 15) is 15.0 Å².